The predicted molar refractivity (Wildman–Crippen MR) is 71.6 cm³/mol. The monoisotopic (exact) mass is 335 g/mol. The number of aliphatic hydroxyl groups is 1. The van der Waals surface area contributed by atoms with Crippen LogP contribution in [0.5, 0.6) is 5.75 Å². The zero-order chi connectivity index (χ0) is 13.9. The van der Waals surface area contributed by atoms with E-state index < -0.39 is 19.1 Å². The summed E-state index contributed by atoms with van der Waals surface area (Å²) < 4.78 is 32.7. The summed E-state index contributed by atoms with van der Waals surface area (Å²) in [6.45, 7) is -1.10. The molecule has 1 aromatic rings. The van der Waals surface area contributed by atoms with E-state index >= 15 is 0 Å². The molecule has 0 aromatic heterocycles. The first kappa shape index (κ1) is 14.7. The highest BCUT2D eigenvalue weighted by atomic mass is 79.9. The number of aliphatic hydroxyl groups excluding tert-OH is 1. The smallest absolute Gasteiger partial charge is 0.282 e. The number of ether oxygens (including phenoxy) is 1. The SMILES string of the molecule is OCC(F)(F)CNC1CCCOc2cc(Br)ccc21. The standard InChI is InChI=1S/C13H16BrF2NO2/c14-9-3-4-10-11(17-7-13(15,16)8-18)2-1-5-19-12(10)6-9/h3-4,6,11,17-18H,1-2,5,7-8H2. The molecule has 0 aliphatic carbocycles. The van der Waals surface area contributed by atoms with Crippen LogP contribution < -0.4 is 10.1 Å². The van der Waals surface area contributed by atoms with E-state index in [1.165, 1.54) is 0 Å². The second-order valence-corrected chi connectivity index (χ2v) is 5.54. The van der Waals surface area contributed by atoms with Crippen molar-refractivity contribution >= 4 is 15.9 Å². The van der Waals surface area contributed by atoms with Crippen LogP contribution in [0.1, 0.15) is 24.4 Å². The maximum absolute atomic E-state index is 13.1. The average molecular weight is 336 g/mol. The lowest BCUT2D eigenvalue weighted by Gasteiger charge is -2.21. The van der Waals surface area contributed by atoms with E-state index in [4.69, 9.17) is 9.84 Å². The van der Waals surface area contributed by atoms with Crippen molar-refractivity contribution in [2.45, 2.75) is 24.8 Å². The van der Waals surface area contributed by atoms with Crippen molar-refractivity contribution in [3.05, 3.63) is 28.2 Å². The van der Waals surface area contributed by atoms with E-state index in [2.05, 4.69) is 21.2 Å². The van der Waals surface area contributed by atoms with Crippen LogP contribution in [0.4, 0.5) is 8.78 Å². The lowest BCUT2D eigenvalue weighted by Crippen LogP contribution is -2.37. The summed E-state index contributed by atoms with van der Waals surface area (Å²) in [6.07, 6.45) is 1.53. The minimum atomic E-state index is -3.09. The molecule has 1 aliphatic heterocycles. The van der Waals surface area contributed by atoms with Crippen LogP contribution in [-0.4, -0.2) is 30.8 Å². The van der Waals surface area contributed by atoms with E-state index in [1.807, 2.05) is 18.2 Å². The van der Waals surface area contributed by atoms with Crippen LogP contribution in [-0.2, 0) is 0 Å². The molecule has 0 spiro atoms. The minimum absolute atomic E-state index is 0.178. The topological polar surface area (TPSA) is 41.5 Å². The van der Waals surface area contributed by atoms with Gasteiger partial charge in [0.05, 0.1) is 13.2 Å². The van der Waals surface area contributed by atoms with E-state index in [-0.39, 0.29) is 6.04 Å². The van der Waals surface area contributed by atoms with Gasteiger partial charge in [0.15, 0.2) is 0 Å². The Morgan fingerprint density at radius 2 is 2.26 bits per heavy atom. The molecule has 2 rings (SSSR count). The number of hydrogen-bond donors (Lipinski definition) is 2. The normalized spacial score (nSPS) is 19.5. The molecule has 0 saturated heterocycles. The lowest BCUT2D eigenvalue weighted by atomic mass is 10.0. The molecule has 19 heavy (non-hydrogen) atoms. The molecule has 1 aliphatic rings. The highest BCUT2D eigenvalue weighted by Crippen LogP contribution is 2.34. The fourth-order valence-electron chi connectivity index (χ4n) is 2.09. The minimum Gasteiger partial charge on any atom is -0.493 e. The van der Waals surface area contributed by atoms with E-state index in [0.29, 0.717) is 6.61 Å². The van der Waals surface area contributed by atoms with Crippen molar-refractivity contribution < 1.29 is 18.6 Å². The van der Waals surface area contributed by atoms with Gasteiger partial charge in [-0.3, -0.25) is 0 Å². The van der Waals surface area contributed by atoms with Gasteiger partial charge in [0, 0.05) is 16.1 Å². The first-order valence-electron chi connectivity index (χ1n) is 6.16. The van der Waals surface area contributed by atoms with Gasteiger partial charge in [-0.05, 0) is 25.0 Å². The van der Waals surface area contributed by atoms with Gasteiger partial charge in [-0.2, -0.15) is 0 Å². The molecule has 106 valence electrons. The predicted octanol–water partition coefficient (Wildman–Crippen LogP) is 2.88. The molecule has 0 radical (unpaired) electrons. The van der Waals surface area contributed by atoms with Gasteiger partial charge >= 0.3 is 0 Å². The highest BCUT2D eigenvalue weighted by Gasteiger charge is 2.29. The Morgan fingerprint density at radius 1 is 1.47 bits per heavy atom. The molecule has 1 aromatic carbocycles. The van der Waals surface area contributed by atoms with Crippen molar-refractivity contribution in [1.29, 1.82) is 0 Å². The van der Waals surface area contributed by atoms with Crippen LogP contribution in [0.25, 0.3) is 0 Å². The maximum Gasteiger partial charge on any atom is 0.282 e. The summed E-state index contributed by atoms with van der Waals surface area (Å²) in [5.41, 5.74) is 0.884. The quantitative estimate of drug-likeness (QED) is 0.888. The third kappa shape index (κ3) is 3.87. The van der Waals surface area contributed by atoms with Crippen molar-refractivity contribution in [3.63, 3.8) is 0 Å². The molecule has 2 N–H and O–H groups in total. The second kappa shape index (κ2) is 6.15. The van der Waals surface area contributed by atoms with Gasteiger partial charge in [-0.15, -0.1) is 0 Å². The molecular formula is C13H16BrF2NO2. The second-order valence-electron chi connectivity index (χ2n) is 4.62. The van der Waals surface area contributed by atoms with Gasteiger partial charge in [0.2, 0.25) is 0 Å². The Kier molecular flexibility index (Phi) is 4.76. The molecule has 0 amide bonds. The number of rotatable bonds is 4. The summed E-state index contributed by atoms with van der Waals surface area (Å²) in [6, 6.07) is 5.41. The molecule has 1 unspecified atom stereocenters. The average Bonchev–Trinajstić information content (AvgIpc) is 2.58. The molecular weight excluding hydrogens is 320 g/mol. The summed E-state index contributed by atoms with van der Waals surface area (Å²) in [7, 11) is 0. The molecule has 1 atom stereocenters. The Bertz CT molecular complexity index is 443. The van der Waals surface area contributed by atoms with Gasteiger partial charge in [0.1, 0.15) is 12.4 Å². The molecule has 3 nitrogen and oxygen atoms in total. The Morgan fingerprint density at radius 3 is 3.00 bits per heavy atom. The lowest BCUT2D eigenvalue weighted by molar-refractivity contribution is -0.0495. The summed E-state index contributed by atoms with van der Waals surface area (Å²) >= 11 is 3.36. The zero-order valence-corrected chi connectivity index (χ0v) is 11.9. The fourth-order valence-corrected chi connectivity index (χ4v) is 2.43. The van der Waals surface area contributed by atoms with Gasteiger partial charge in [0.25, 0.3) is 5.92 Å². The number of alkyl halides is 2. The Hall–Kier alpha value is -0.720. The highest BCUT2D eigenvalue weighted by molar-refractivity contribution is 9.10. The van der Waals surface area contributed by atoms with Crippen LogP contribution in [0, 0.1) is 0 Å². The Labute approximate surface area is 119 Å². The number of fused-ring (bicyclic) bond motifs is 1. The van der Waals surface area contributed by atoms with Crippen molar-refractivity contribution in [2.75, 3.05) is 19.8 Å². The van der Waals surface area contributed by atoms with Gasteiger partial charge < -0.3 is 15.2 Å². The maximum atomic E-state index is 13.1. The van der Waals surface area contributed by atoms with E-state index in [9.17, 15) is 8.78 Å². The number of halogens is 3. The zero-order valence-electron chi connectivity index (χ0n) is 10.3. The largest absolute Gasteiger partial charge is 0.493 e. The van der Waals surface area contributed by atoms with Crippen LogP contribution in [0.2, 0.25) is 0 Å². The number of benzene rings is 1. The summed E-state index contributed by atoms with van der Waals surface area (Å²) in [5, 5.41) is 11.4. The van der Waals surface area contributed by atoms with Gasteiger partial charge in [-0.25, -0.2) is 8.78 Å². The van der Waals surface area contributed by atoms with Crippen molar-refractivity contribution in [2.24, 2.45) is 0 Å². The first-order valence-corrected chi connectivity index (χ1v) is 6.95. The molecule has 0 saturated carbocycles. The van der Waals surface area contributed by atoms with Crippen molar-refractivity contribution in [1.82, 2.24) is 5.32 Å². The number of hydrogen-bond acceptors (Lipinski definition) is 3. The van der Waals surface area contributed by atoms with Crippen LogP contribution in [0.15, 0.2) is 22.7 Å². The first-order chi connectivity index (χ1) is 9.02. The van der Waals surface area contributed by atoms with Crippen LogP contribution >= 0.6 is 15.9 Å². The van der Waals surface area contributed by atoms with Crippen LogP contribution in [0.3, 0.4) is 0 Å². The third-order valence-corrected chi connectivity index (χ3v) is 3.58. The Balaban J connectivity index is 2.13. The summed E-state index contributed by atoms with van der Waals surface area (Å²) in [5.74, 6) is -2.38. The molecule has 1 heterocycles. The molecule has 0 fully saturated rings. The number of nitrogens with one attached hydrogen (secondary N) is 1. The van der Waals surface area contributed by atoms with E-state index in [0.717, 1.165) is 28.6 Å². The third-order valence-electron chi connectivity index (χ3n) is 3.08. The van der Waals surface area contributed by atoms with Gasteiger partial charge in [-0.1, -0.05) is 22.0 Å². The summed E-state index contributed by atoms with van der Waals surface area (Å²) in [4.78, 5) is 0. The fraction of sp³-hybridized carbons (Fsp3) is 0.538. The van der Waals surface area contributed by atoms with Crippen molar-refractivity contribution in [3.8, 4) is 5.75 Å². The van der Waals surface area contributed by atoms with E-state index in [1.54, 1.807) is 0 Å². The molecule has 0 bridgehead atoms. The molecule has 6 heteroatoms.